The summed E-state index contributed by atoms with van der Waals surface area (Å²) >= 11 is 0. The summed E-state index contributed by atoms with van der Waals surface area (Å²) in [6.45, 7) is 0.276. The molecule has 0 radical (unpaired) electrons. The van der Waals surface area contributed by atoms with Crippen LogP contribution in [0, 0.1) is 11.6 Å². The van der Waals surface area contributed by atoms with Gasteiger partial charge in [0.2, 0.25) is 0 Å². The van der Waals surface area contributed by atoms with Crippen molar-refractivity contribution in [1.82, 2.24) is 15.5 Å². The predicted octanol–water partition coefficient (Wildman–Crippen LogP) is 1.21. The molecule has 0 fully saturated rings. The highest BCUT2D eigenvalue weighted by Crippen LogP contribution is 2.20. The van der Waals surface area contributed by atoms with E-state index in [-0.39, 0.29) is 17.3 Å². The standard InChI is InChI=1S/C11H12F2N4O2S/c1-14-5-7-6-15-16-11(7)20(18,19)17-10-3-2-8(12)4-9(10)13/h2-4,6,14,17H,5H2,1H3,(H,15,16). The lowest BCUT2D eigenvalue weighted by atomic mass is 10.3. The Balaban J connectivity index is 2.33. The van der Waals surface area contributed by atoms with Gasteiger partial charge >= 0.3 is 0 Å². The van der Waals surface area contributed by atoms with Crippen molar-refractivity contribution in [2.24, 2.45) is 0 Å². The lowest BCUT2D eigenvalue weighted by Gasteiger charge is -2.09. The molecule has 0 aliphatic carbocycles. The molecule has 2 rings (SSSR count). The fraction of sp³-hybridized carbons (Fsp3) is 0.182. The van der Waals surface area contributed by atoms with Crippen molar-refractivity contribution in [3.63, 3.8) is 0 Å². The van der Waals surface area contributed by atoms with E-state index < -0.39 is 21.7 Å². The Morgan fingerprint density at radius 1 is 1.35 bits per heavy atom. The summed E-state index contributed by atoms with van der Waals surface area (Å²) in [7, 11) is -2.38. The van der Waals surface area contributed by atoms with Crippen LogP contribution in [0.15, 0.2) is 29.4 Å². The van der Waals surface area contributed by atoms with Crippen LogP contribution in [-0.2, 0) is 16.6 Å². The molecule has 1 aromatic heterocycles. The van der Waals surface area contributed by atoms with Gasteiger partial charge in [0.25, 0.3) is 10.0 Å². The van der Waals surface area contributed by atoms with Crippen LogP contribution >= 0.6 is 0 Å². The van der Waals surface area contributed by atoms with E-state index in [2.05, 4.69) is 15.5 Å². The zero-order valence-corrected chi connectivity index (χ0v) is 11.3. The number of aromatic amines is 1. The lowest BCUT2D eigenvalue weighted by Crippen LogP contribution is -2.17. The number of nitrogens with one attached hydrogen (secondary N) is 3. The second-order valence-corrected chi connectivity index (χ2v) is 5.60. The second-order valence-electron chi connectivity index (χ2n) is 3.98. The summed E-state index contributed by atoms with van der Waals surface area (Å²) in [5, 5.41) is 8.61. The van der Waals surface area contributed by atoms with E-state index in [0.29, 0.717) is 11.6 Å². The Hall–Kier alpha value is -2.00. The first-order chi connectivity index (χ1) is 9.44. The van der Waals surface area contributed by atoms with Crippen molar-refractivity contribution in [3.8, 4) is 0 Å². The molecule has 3 N–H and O–H groups in total. The number of hydrogen-bond acceptors (Lipinski definition) is 4. The van der Waals surface area contributed by atoms with Crippen LogP contribution in [0.4, 0.5) is 14.5 Å². The number of halogens is 2. The molecule has 9 heteroatoms. The van der Waals surface area contributed by atoms with Crippen molar-refractivity contribution < 1.29 is 17.2 Å². The summed E-state index contributed by atoms with van der Waals surface area (Å²) in [5.41, 5.74) is 0.0685. The van der Waals surface area contributed by atoms with Crippen molar-refractivity contribution in [2.75, 3.05) is 11.8 Å². The van der Waals surface area contributed by atoms with E-state index in [9.17, 15) is 17.2 Å². The number of anilines is 1. The van der Waals surface area contributed by atoms with Crippen LogP contribution in [0.5, 0.6) is 0 Å². The first-order valence-electron chi connectivity index (χ1n) is 5.59. The molecule has 0 amide bonds. The molecule has 20 heavy (non-hydrogen) atoms. The number of rotatable bonds is 5. The summed E-state index contributed by atoms with van der Waals surface area (Å²) < 4.78 is 52.5. The zero-order chi connectivity index (χ0) is 14.8. The molecule has 0 unspecified atom stereocenters. The third-order valence-electron chi connectivity index (χ3n) is 2.49. The topological polar surface area (TPSA) is 86.9 Å². The van der Waals surface area contributed by atoms with Gasteiger partial charge in [0.15, 0.2) is 5.03 Å². The molecule has 6 nitrogen and oxygen atoms in total. The first-order valence-corrected chi connectivity index (χ1v) is 7.07. The van der Waals surface area contributed by atoms with Gasteiger partial charge in [-0.25, -0.2) is 8.78 Å². The van der Waals surface area contributed by atoms with E-state index in [0.717, 1.165) is 12.1 Å². The van der Waals surface area contributed by atoms with Gasteiger partial charge in [-0.15, -0.1) is 0 Å². The van der Waals surface area contributed by atoms with E-state index in [1.165, 1.54) is 6.20 Å². The smallest absolute Gasteiger partial charge is 0.279 e. The number of nitrogens with zero attached hydrogens (tertiary/aromatic N) is 1. The minimum absolute atomic E-state index is 0.171. The maximum absolute atomic E-state index is 13.5. The van der Waals surface area contributed by atoms with Crippen LogP contribution in [0.3, 0.4) is 0 Å². The monoisotopic (exact) mass is 302 g/mol. The average Bonchev–Trinajstić information content (AvgIpc) is 2.82. The van der Waals surface area contributed by atoms with E-state index in [4.69, 9.17) is 0 Å². The normalized spacial score (nSPS) is 11.6. The third-order valence-corrected chi connectivity index (χ3v) is 3.87. The Morgan fingerprint density at radius 3 is 2.75 bits per heavy atom. The Bertz CT molecular complexity index is 715. The number of sulfonamides is 1. The van der Waals surface area contributed by atoms with E-state index >= 15 is 0 Å². The Labute approximate surface area is 114 Å². The number of H-pyrrole nitrogens is 1. The number of hydrogen-bond donors (Lipinski definition) is 3. The van der Waals surface area contributed by atoms with Crippen molar-refractivity contribution in [1.29, 1.82) is 0 Å². The molecule has 0 atom stereocenters. The molecule has 0 saturated carbocycles. The highest BCUT2D eigenvalue weighted by Gasteiger charge is 2.22. The Kier molecular flexibility index (Phi) is 4.00. The summed E-state index contributed by atoms with van der Waals surface area (Å²) in [6, 6.07) is 2.57. The largest absolute Gasteiger partial charge is 0.316 e. The van der Waals surface area contributed by atoms with Gasteiger partial charge in [-0.1, -0.05) is 0 Å². The Morgan fingerprint density at radius 2 is 2.10 bits per heavy atom. The van der Waals surface area contributed by atoms with Gasteiger partial charge in [0.05, 0.1) is 11.9 Å². The average molecular weight is 302 g/mol. The maximum atomic E-state index is 13.5. The molecule has 0 aliphatic rings. The molecule has 0 bridgehead atoms. The first kappa shape index (κ1) is 14.4. The minimum Gasteiger partial charge on any atom is -0.316 e. The highest BCUT2D eigenvalue weighted by molar-refractivity contribution is 7.92. The van der Waals surface area contributed by atoms with Crippen LogP contribution in [0.2, 0.25) is 0 Å². The molecule has 2 aromatic rings. The zero-order valence-electron chi connectivity index (χ0n) is 10.4. The predicted molar refractivity (Wildman–Crippen MR) is 68.5 cm³/mol. The molecule has 0 spiro atoms. The second kappa shape index (κ2) is 5.55. The van der Waals surface area contributed by atoms with Gasteiger partial charge in [-0.3, -0.25) is 9.82 Å². The molecular weight excluding hydrogens is 290 g/mol. The van der Waals surface area contributed by atoms with Crippen LogP contribution < -0.4 is 10.0 Å². The highest BCUT2D eigenvalue weighted by atomic mass is 32.2. The summed E-state index contributed by atoms with van der Waals surface area (Å²) in [6.07, 6.45) is 1.35. The summed E-state index contributed by atoms with van der Waals surface area (Å²) in [5.74, 6) is -1.79. The molecule has 1 aromatic carbocycles. The number of benzene rings is 1. The molecule has 0 saturated heterocycles. The molecule has 108 valence electrons. The molecular formula is C11H12F2N4O2S. The van der Waals surface area contributed by atoms with Gasteiger partial charge in [-0.2, -0.15) is 13.5 Å². The van der Waals surface area contributed by atoms with Gasteiger partial charge in [0.1, 0.15) is 11.6 Å². The number of aromatic nitrogens is 2. The van der Waals surface area contributed by atoms with Crippen molar-refractivity contribution in [3.05, 3.63) is 41.6 Å². The molecule has 1 heterocycles. The third kappa shape index (κ3) is 2.94. The van der Waals surface area contributed by atoms with Gasteiger partial charge in [-0.05, 0) is 19.2 Å². The van der Waals surface area contributed by atoms with Crippen LogP contribution in [-0.4, -0.2) is 25.7 Å². The minimum atomic E-state index is -4.03. The van der Waals surface area contributed by atoms with E-state index in [1.54, 1.807) is 7.05 Å². The van der Waals surface area contributed by atoms with Gasteiger partial charge in [0, 0.05) is 18.2 Å². The fourth-order valence-corrected chi connectivity index (χ4v) is 2.82. The van der Waals surface area contributed by atoms with Crippen molar-refractivity contribution in [2.45, 2.75) is 11.6 Å². The maximum Gasteiger partial charge on any atom is 0.279 e. The summed E-state index contributed by atoms with van der Waals surface area (Å²) in [4.78, 5) is 0. The SMILES string of the molecule is CNCc1cn[nH]c1S(=O)(=O)Nc1ccc(F)cc1F. The van der Waals surface area contributed by atoms with Gasteiger partial charge < -0.3 is 5.32 Å². The quantitative estimate of drug-likeness (QED) is 0.775. The molecule has 0 aliphatic heterocycles. The van der Waals surface area contributed by atoms with E-state index in [1.807, 2.05) is 4.72 Å². The fourth-order valence-electron chi connectivity index (χ4n) is 1.62. The van der Waals surface area contributed by atoms with Crippen LogP contribution in [0.1, 0.15) is 5.56 Å². The van der Waals surface area contributed by atoms with Crippen LogP contribution in [0.25, 0.3) is 0 Å². The lowest BCUT2D eigenvalue weighted by molar-refractivity contribution is 0.581. The van der Waals surface area contributed by atoms with Crippen molar-refractivity contribution >= 4 is 15.7 Å².